The fourth-order valence-electron chi connectivity index (χ4n) is 5.23. The summed E-state index contributed by atoms with van der Waals surface area (Å²) in [6, 6.07) is 26.3. The molecule has 3 aromatic carbocycles. The van der Waals surface area contributed by atoms with Crippen LogP contribution in [0.4, 0.5) is 0 Å². The smallest absolute Gasteiger partial charge is 0.123 e. The number of aryl methyl sites for hydroxylation is 2. The van der Waals surface area contributed by atoms with Crippen LogP contribution in [0.3, 0.4) is 0 Å². The van der Waals surface area contributed by atoms with E-state index in [0.717, 1.165) is 25.3 Å². The Morgan fingerprint density at radius 3 is 2.15 bits per heavy atom. The number of hydrogen-bond acceptors (Lipinski definition) is 4. The first-order chi connectivity index (χ1) is 16.1. The van der Waals surface area contributed by atoms with Crippen LogP contribution in [0.1, 0.15) is 40.2 Å². The Labute approximate surface area is 198 Å². The van der Waals surface area contributed by atoms with E-state index in [0.29, 0.717) is 5.92 Å². The lowest BCUT2D eigenvalue weighted by atomic mass is 9.80. The molecule has 0 radical (unpaired) electrons. The molecule has 1 heterocycles. The van der Waals surface area contributed by atoms with E-state index in [4.69, 9.17) is 4.74 Å². The summed E-state index contributed by atoms with van der Waals surface area (Å²) in [7, 11) is 1.74. The van der Waals surface area contributed by atoms with Crippen LogP contribution in [0, 0.1) is 19.8 Å². The van der Waals surface area contributed by atoms with Gasteiger partial charge in [-0.1, -0.05) is 66.7 Å². The minimum Gasteiger partial charge on any atom is -0.496 e. The second-order valence-corrected chi connectivity index (χ2v) is 9.16. The van der Waals surface area contributed by atoms with Gasteiger partial charge in [0.05, 0.1) is 7.11 Å². The molecule has 3 N–H and O–H groups in total. The SMILES string of the molecule is COc1cc(C)c(C)cc1CN[C@H]1[C@H](CCO)CN[C@H]1C(c1ccccc1)c1ccccc1. The predicted octanol–water partition coefficient (Wildman–Crippen LogP) is 4.57. The normalized spacial score (nSPS) is 20.3. The largest absolute Gasteiger partial charge is 0.496 e. The van der Waals surface area contributed by atoms with Gasteiger partial charge in [0.2, 0.25) is 0 Å². The van der Waals surface area contributed by atoms with Gasteiger partial charge in [0.15, 0.2) is 0 Å². The van der Waals surface area contributed by atoms with Gasteiger partial charge in [-0.3, -0.25) is 0 Å². The summed E-state index contributed by atoms with van der Waals surface area (Å²) < 4.78 is 5.69. The number of aliphatic hydroxyl groups excluding tert-OH is 1. The van der Waals surface area contributed by atoms with Crippen molar-refractivity contribution in [3.8, 4) is 5.75 Å². The van der Waals surface area contributed by atoms with E-state index < -0.39 is 0 Å². The minimum absolute atomic E-state index is 0.200. The highest BCUT2D eigenvalue weighted by atomic mass is 16.5. The molecule has 0 unspecified atom stereocenters. The van der Waals surface area contributed by atoms with Crippen LogP contribution in [0.5, 0.6) is 5.75 Å². The Morgan fingerprint density at radius 1 is 0.970 bits per heavy atom. The maximum Gasteiger partial charge on any atom is 0.123 e. The standard InChI is InChI=1S/C29H36N2O2/c1-20-16-25(26(33-3)17-21(20)2)19-30-28-24(14-15-32)18-31-29(28)27(22-10-6-4-7-11-22)23-12-8-5-9-13-23/h4-13,16-17,24,27-32H,14-15,18-19H2,1-3H3/t24-,28+,29+/m1/s1. The molecule has 0 aromatic heterocycles. The third-order valence-electron chi connectivity index (χ3n) is 7.11. The summed E-state index contributed by atoms with van der Waals surface area (Å²) in [5, 5.41) is 17.5. The average Bonchev–Trinajstić information content (AvgIpc) is 3.23. The summed E-state index contributed by atoms with van der Waals surface area (Å²) in [4.78, 5) is 0. The molecule has 1 aliphatic rings. The molecule has 4 nitrogen and oxygen atoms in total. The molecule has 0 bridgehead atoms. The second-order valence-electron chi connectivity index (χ2n) is 9.16. The molecule has 33 heavy (non-hydrogen) atoms. The van der Waals surface area contributed by atoms with Crippen molar-refractivity contribution < 1.29 is 9.84 Å². The lowest BCUT2D eigenvalue weighted by Crippen LogP contribution is -2.46. The Bertz CT molecular complexity index is 983. The highest BCUT2D eigenvalue weighted by molar-refractivity contribution is 5.42. The van der Waals surface area contributed by atoms with Gasteiger partial charge in [-0.05, 0) is 61.1 Å². The highest BCUT2D eigenvalue weighted by Crippen LogP contribution is 2.35. The third-order valence-corrected chi connectivity index (χ3v) is 7.11. The van der Waals surface area contributed by atoms with E-state index in [1.807, 2.05) is 0 Å². The van der Waals surface area contributed by atoms with Crippen LogP contribution in [0.15, 0.2) is 72.8 Å². The molecule has 0 saturated carbocycles. The van der Waals surface area contributed by atoms with E-state index in [9.17, 15) is 5.11 Å². The van der Waals surface area contributed by atoms with E-state index in [-0.39, 0.29) is 24.6 Å². The summed E-state index contributed by atoms with van der Waals surface area (Å²) >= 11 is 0. The third kappa shape index (κ3) is 5.30. The molecule has 1 fully saturated rings. The van der Waals surface area contributed by atoms with Gasteiger partial charge in [-0.15, -0.1) is 0 Å². The van der Waals surface area contributed by atoms with E-state index in [1.165, 1.54) is 27.8 Å². The van der Waals surface area contributed by atoms with E-state index in [1.54, 1.807) is 7.11 Å². The topological polar surface area (TPSA) is 53.5 Å². The summed E-state index contributed by atoms with van der Waals surface area (Å²) in [6.45, 7) is 6.08. The molecular weight excluding hydrogens is 408 g/mol. The summed E-state index contributed by atoms with van der Waals surface area (Å²) in [5.41, 5.74) is 6.29. The van der Waals surface area contributed by atoms with Crippen molar-refractivity contribution in [2.45, 2.75) is 44.8 Å². The van der Waals surface area contributed by atoms with E-state index in [2.05, 4.69) is 97.3 Å². The molecule has 0 aliphatic carbocycles. The molecule has 4 heteroatoms. The van der Waals surface area contributed by atoms with Gasteiger partial charge in [0.25, 0.3) is 0 Å². The average molecular weight is 445 g/mol. The van der Waals surface area contributed by atoms with Crippen molar-refractivity contribution in [2.24, 2.45) is 5.92 Å². The first kappa shape index (κ1) is 23.5. The zero-order valence-electron chi connectivity index (χ0n) is 19.9. The molecule has 1 aliphatic heterocycles. The number of hydrogen-bond donors (Lipinski definition) is 3. The molecule has 3 aromatic rings. The van der Waals surface area contributed by atoms with Crippen molar-refractivity contribution in [3.63, 3.8) is 0 Å². The summed E-state index contributed by atoms with van der Waals surface area (Å²) in [5.74, 6) is 1.50. The Hall–Kier alpha value is -2.66. The van der Waals surface area contributed by atoms with Crippen molar-refractivity contribution in [2.75, 3.05) is 20.3 Å². The molecule has 1 saturated heterocycles. The van der Waals surface area contributed by atoms with Crippen LogP contribution < -0.4 is 15.4 Å². The Kier molecular flexibility index (Phi) is 7.81. The minimum atomic E-state index is 0.200. The fourth-order valence-corrected chi connectivity index (χ4v) is 5.23. The predicted molar refractivity (Wildman–Crippen MR) is 135 cm³/mol. The molecule has 174 valence electrons. The molecule has 4 rings (SSSR count). The monoisotopic (exact) mass is 444 g/mol. The maximum absolute atomic E-state index is 9.76. The number of methoxy groups -OCH3 is 1. The van der Waals surface area contributed by atoms with Crippen LogP contribution in [-0.4, -0.2) is 37.5 Å². The number of nitrogens with one attached hydrogen (secondary N) is 2. The van der Waals surface area contributed by atoms with Gasteiger partial charge in [-0.2, -0.15) is 0 Å². The number of ether oxygens (including phenoxy) is 1. The molecular formula is C29H36N2O2. The maximum atomic E-state index is 9.76. The summed E-state index contributed by atoms with van der Waals surface area (Å²) in [6.07, 6.45) is 0.779. The second kappa shape index (κ2) is 11.0. The number of aliphatic hydroxyl groups is 1. The Balaban J connectivity index is 1.66. The zero-order chi connectivity index (χ0) is 23.2. The zero-order valence-corrected chi connectivity index (χ0v) is 19.9. The molecule has 3 atom stereocenters. The van der Waals surface area contributed by atoms with Gasteiger partial charge in [0.1, 0.15) is 5.75 Å². The van der Waals surface area contributed by atoms with Gasteiger partial charge in [-0.25, -0.2) is 0 Å². The van der Waals surface area contributed by atoms with E-state index >= 15 is 0 Å². The fraction of sp³-hybridized carbons (Fsp3) is 0.379. The van der Waals surface area contributed by atoms with Gasteiger partial charge < -0.3 is 20.5 Å². The number of rotatable bonds is 9. The van der Waals surface area contributed by atoms with Crippen molar-refractivity contribution in [3.05, 3.63) is 101 Å². The van der Waals surface area contributed by atoms with Crippen LogP contribution in [0.2, 0.25) is 0 Å². The number of benzene rings is 3. The van der Waals surface area contributed by atoms with Gasteiger partial charge in [0, 0.05) is 36.7 Å². The first-order valence-electron chi connectivity index (χ1n) is 11.9. The lowest BCUT2D eigenvalue weighted by molar-refractivity contribution is 0.241. The highest BCUT2D eigenvalue weighted by Gasteiger charge is 2.40. The first-order valence-corrected chi connectivity index (χ1v) is 11.9. The molecule has 0 spiro atoms. The van der Waals surface area contributed by atoms with Crippen LogP contribution >= 0.6 is 0 Å². The van der Waals surface area contributed by atoms with Crippen molar-refractivity contribution >= 4 is 0 Å². The van der Waals surface area contributed by atoms with Crippen LogP contribution in [-0.2, 0) is 6.54 Å². The Morgan fingerprint density at radius 2 is 1.58 bits per heavy atom. The van der Waals surface area contributed by atoms with Gasteiger partial charge >= 0.3 is 0 Å². The van der Waals surface area contributed by atoms with Crippen molar-refractivity contribution in [1.82, 2.24) is 10.6 Å². The molecule has 0 amide bonds. The van der Waals surface area contributed by atoms with Crippen LogP contribution in [0.25, 0.3) is 0 Å². The quantitative estimate of drug-likeness (QED) is 0.452. The van der Waals surface area contributed by atoms with Crippen molar-refractivity contribution in [1.29, 1.82) is 0 Å². The lowest BCUT2D eigenvalue weighted by Gasteiger charge is -2.32.